The van der Waals surface area contributed by atoms with Crippen molar-refractivity contribution in [2.75, 3.05) is 5.73 Å². The number of nitrogens with one attached hydrogen (secondary N) is 1. The number of hydrogen-bond donors (Lipinski definition) is 2. The molecular weight excluding hydrogens is 216 g/mol. The Kier molecular flexibility index (Phi) is 1.86. The number of nitrogen functional groups attached to an aromatic ring is 1. The number of fused-ring (bicyclic) bond motifs is 1. The lowest BCUT2D eigenvalue weighted by Crippen LogP contribution is -1.98. The van der Waals surface area contributed by atoms with Crippen molar-refractivity contribution in [2.45, 2.75) is 0 Å². The highest BCUT2D eigenvalue weighted by molar-refractivity contribution is 5.79. The summed E-state index contributed by atoms with van der Waals surface area (Å²) in [6.45, 7) is 0. The molecular formula is C11H8N6. The summed E-state index contributed by atoms with van der Waals surface area (Å²) in [7, 11) is 0. The van der Waals surface area contributed by atoms with Gasteiger partial charge in [0.15, 0.2) is 0 Å². The Morgan fingerprint density at radius 3 is 3.12 bits per heavy atom. The van der Waals surface area contributed by atoms with Gasteiger partial charge in [-0.05, 0) is 18.2 Å². The summed E-state index contributed by atoms with van der Waals surface area (Å²) in [6, 6.07) is 7.41. The highest BCUT2D eigenvalue weighted by atomic mass is 15.2. The average Bonchev–Trinajstić information content (AvgIpc) is 2.93. The maximum atomic E-state index is 8.89. The van der Waals surface area contributed by atoms with E-state index in [0.29, 0.717) is 11.6 Å². The van der Waals surface area contributed by atoms with E-state index in [2.05, 4.69) is 15.0 Å². The van der Waals surface area contributed by atoms with Gasteiger partial charge in [-0.3, -0.25) is 4.57 Å². The lowest BCUT2D eigenvalue weighted by Gasteiger charge is -1.95. The third kappa shape index (κ3) is 1.41. The van der Waals surface area contributed by atoms with Crippen molar-refractivity contribution < 1.29 is 0 Å². The molecule has 0 atom stereocenters. The third-order valence-corrected chi connectivity index (χ3v) is 2.46. The predicted octanol–water partition coefficient (Wildman–Crippen LogP) is 1.20. The normalized spacial score (nSPS) is 10.5. The summed E-state index contributed by atoms with van der Waals surface area (Å²) in [5.41, 5.74) is 7.98. The Hall–Kier alpha value is -2.81. The van der Waals surface area contributed by atoms with E-state index in [1.54, 1.807) is 29.1 Å². The zero-order valence-corrected chi connectivity index (χ0v) is 8.75. The van der Waals surface area contributed by atoms with Gasteiger partial charge in [-0.15, -0.1) is 0 Å². The van der Waals surface area contributed by atoms with Crippen LogP contribution in [0.1, 0.15) is 5.82 Å². The lowest BCUT2D eigenvalue weighted by molar-refractivity contribution is 0.944. The van der Waals surface area contributed by atoms with Gasteiger partial charge < -0.3 is 10.7 Å². The molecule has 0 aliphatic carbocycles. The van der Waals surface area contributed by atoms with Crippen molar-refractivity contribution in [2.24, 2.45) is 0 Å². The number of benzene rings is 1. The molecule has 0 aliphatic rings. The van der Waals surface area contributed by atoms with E-state index in [1.165, 1.54) is 0 Å². The number of nitriles is 1. The first kappa shape index (κ1) is 9.42. The van der Waals surface area contributed by atoms with Gasteiger partial charge in [-0.25, -0.2) is 9.97 Å². The number of imidazole rings is 2. The molecule has 3 N–H and O–H groups in total. The van der Waals surface area contributed by atoms with Crippen LogP contribution in [-0.4, -0.2) is 19.5 Å². The van der Waals surface area contributed by atoms with Crippen molar-refractivity contribution in [3.8, 4) is 12.0 Å². The predicted molar refractivity (Wildman–Crippen MR) is 62.3 cm³/mol. The lowest BCUT2D eigenvalue weighted by atomic mass is 10.3. The number of nitrogens with zero attached hydrogens (tertiary/aromatic N) is 4. The number of aromatic nitrogens is 4. The maximum Gasteiger partial charge on any atom is 0.219 e. The summed E-state index contributed by atoms with van der Waals surface area (Å²) in [5.74, 6) is 0.844. The highest BCUT2D eigenvalue weighted by Crippen LogP contribution is 2.17. The number of H-pyrrole nitrogens is 1. The number of hydrogen-bond acceptors (Lipinski definition) is 4. The summed E-state index contributed by atoms with van der Waals surface area (Å²) in [6.07, 6.45) is 3.24. The molecule has 0 spiro atoms. The molecule has 82 valence electrons. The van der Waals surface area contributed by atoms with Crippen LogP contribution in [0.5, 0.6) is 0 Å². The topological polar surface area (TPSA) is 96.3 Å². The fourth-order valence-corrected chi connectivity index (χ4v) is 1.68. The van der Waals surface area contributed by atoms with E-state index >= 15 is 0 Å². The van der Waals surface area contributed by atoms with Crippen molar-refractivity contribution in [1.82, 2.24) is 19.5 Å². The monoisotopic (exact) mass is 224 g/mol. The van der Waals surface area contributed by atoms with E-state index in [-0.39, 0.29) is 5.82 Å². The minimum absolute atomic E-state index is 0.289. The van der Waals surface area contributed by atoms with Crippen molar-refractivity contribution in [3.63, 3.8) is 0 Å². The first-order valence-corrected chi connectivity index (χ1v) is 4.97. The maximum absolute atomic E-state index is 8.89. The van der Waals surface area contributed by atoms with Crippen LogP contribution in [-0.2, 0) is 0 Å². The molecule has 0 fully saturated rings. The Morgan fingerprint density at radius 1 is 1.41 bits per heavy atom. The van der Waals surface area contributed by atoms with Crippen LogP contribution in [0.25, 0.3) is 17.0 Å². The van der Waals surface area contributed by atoms with Crippen LogP contribution in [0.15, 0.2) is 30.6 Å². The van der Waals surface area contributed by atoms with Crippen molar-refractivity contribution >= 4 is 16.7 Å². The molecule has 0 aliphatic heterocycles. The first-order chi connectivity index (χ1) is 8.28. The largest absolute Gasteiger partial charge is 0.399 e. The molecule has 2 heterocycles. The van der Waals surface area contributed by atoms with Gasteiger partial charge in [0.1, 0.15) is 6.07 Å². The molecule has 0 amide bonds. The second-order valence-electron chi connectivity index (χ2n) is 3.57. The Morgan fingerprint density at radius 2 is 2.29 bits per heavy atom. The van der Waals surface area contributed by atoms with Crippen LogP contribution < -0.4 is 5.73 Å². The molecule has 17 heavy (non-hydrogen) atoms. The summed E-state index contributed by atoms with van der Waals surface area (Å²) in [5, 5.41) is 8.89. The SMILES string of the molecule is N#Cc1nccn1-c1nc2ccc(N)cc2[nH]1. The molecule has 6 heteroatoms. The van der Waals surface area contributed by atoms with Crippen molar-refractivity contribution in [1.29, 1.82) is 5.26 Å². The zero-order chi connectivity index (χ0) is 11.8. The van der Waals surface area contributed by atoms with E-state index in [1.807, 2.05) is 12.1 Å². The van der Waals surface area contributed by atoms with Crippen LogP contribution in [0.2, 0.25) is 0 Å². The van der Waals surface area contributed by atoms with Gasteiger partial charge in [-0.1, -0.05) is 0 Å². The van der Waals surface area contributed by atoms with Crippen LogP contribution >= 0.6 is 0 Å². The minimum atomic E-state index is 0.289. The molecule has 0 bridgehead atoms. The number of aromatic amines is 1. The molecule has 2 aromatic heterocycles. The summed E-state index contributed by atoms with van der Waals surface area (Å²) < 4.78 is 1.59. The fourth-order valence-electron chi connectivity index (χ4n) is 1.68. The van der Waals surface area contributed by atoms with Gasteiger partial charge >= 0.3 is 0 Å². The van der Waals surface area contributed by atoms with Gasteiger partial charge in [0.05, 0.1) is 11.0 Å². The van der Waals surface area contributed by atoms with Gasteiger partial charge in [-0.2, -0.15) is 5.26 Å². The average molecular weight is 224 g/mol. The second kappa shape index (κ2) is 3.35. The molecule has 0 radical (unpaired) electrons. The molecule has 3 aromatic rings. The Balaban J connectivity index is 2.22. The first-order valence-electron chi connectivity index (χ1n) is 4.97. The van der Waals surface area contributed by atoms with E-state index < -0.39 is 0 Å². The van der Waals surface area contributed by atoms with Crippen LogP contribution in [0.4, 0.5) is 5.69 Å². The van der Waals surface area contributed by atoms with Crippen LogP contribution in [0.3, 0.4) is 0 Å². The Labute approximate surface area is 96.3 Å². The highest BCUT2D eigenvalue weighted by Gasteiger charge is 2.08. The van der Waals surface area contributed by atoms with Gasteiger partial charge in [0.25, 0.3) is 0 Å². The molecule has 0 saturated carbocycles. The number of nitrogens with two attached hydrogens (primary N) is 1. The summed E-state index contributed by atoms with van der Waals surface area (Å²) >= 11 is 0. The summed E-state index contributed by atoms with van der Waals surface area (Å²) in [4.78, 5) is 11.4. The zero-order valence-electron chi connectivity index (χ0n) is 8.75. The number of anilines is 1. The van der Waals surface area contributed by atoms with E-state index in [4.69, 9.17) is 11.0 Å². The van der Waals surface area contributed by atoms with Crippen LogP contribution in [0, 0.1) is 11.3 Å². The second-order valence-corrected chi connectivity index (χ2v) is 3.57. The molecule has 0 saturated heterocycles. The van der Waals surface area contributed by atoms with Gasteiger partial charge in [0.2, 0.25) is 11.8 Å². The molecule has 0 unspecified atom stereocenters. The standard InChI is InChI=1S/C11H8N6/c12-6-10-14-3-4-17(10)11-15-8-2-1-7(13)5-9(8)16-11/h1-5H,13H2,(H,15,16). The molecule has 3 rings (SSSR count). The number of rotatable bonds is 1. The quantitative estimate of drug-likeness (QED) is 0.607. The molecule has 1 aromatic carbocycles. The Bertz CT molecular complexity index is 730. The minimum Gasteiger partial charge on any atom is -0.399 e. The fraction of sp³-hybridized carbons (Fsp3) is 0. The molecule has 6 nitrogen and oxygen atoms in total. The van der Waals surface area contributed by atoms with Crippen molar-refractivity contribution in [3.05, 3.63) is 36.4 Å². The smallest absolute Gasteiger partial charge is 0.219 e. The van der Waals surface area contributed by atoms with E-state index in [9.17, 15) is 0 Å². The van der Waals surface area contributed by atoms with Gasteiger partial charge in [0, 0.05) is 18.1 Å². The van der Waals surface area contributed by atoms with E-state index in [0.717, 1.165) is 11.0 Å². The third-order valence-electron chi connectivity index (χ3n) is 2.46.